The Labute approximate surface area is 95.3 Å². The zero-order valence-electron chi connectivity index (χ0n) is 9.05. The Morgan fingerprint density at radius 2 is 1.94 bits per heavy atom. The van der Waals surface area contributed by atoms with E-state index < -0.39 is 16.1 Å². The number of aliphatic hydroxyl groups is 1. The van der Waals surface area contributed by atoms with Gasteiger partial charge in [-0.1, -0.05) is 12.1 Å². The molecule has 0 fully saturated rings. The maximum Gasteiger partial charge on any atom is 0.232 e. The van der Waals surface area contributed by atoms with Crippen LogP contribution in [0.25, 0.3) is 0 Å². The van der Waals surface area contributed by atoms with E-state index in [0.717, 1.165) is 0 Å². The molecule has 0 radical (unpaired) electrons. The summed E-state index contributed by atoms with van der Waals surface area (Å²) in [5, 5.41) is 9.44. The third-order valence-electron chi connectivity index (χ3n) is 2.17. The molecule has 0 saturated carbocycles. The Bertz CT molecular complexity index is 428. The summed E-state index contributed by atoms with van der Waals surface area (Å²) in [5.41, 5.74) is 6.45. The number of benzene rings is 1. The van der Waals surface area contributed by atoms with Crippen LogP contribution in [0.4, 0.5) is 5.69 Å². The Morgan fingerprint density at radius 3 is 2.38 bits per heavy atom. The van der Waals surface area contributed by atoms with E-state index in [9.17, 15) is 13.5 Å². The van der Waals surface area contributed by atoms with Gasteiger partial charge in [0.25, 0.3) is 0 Å². The van der Waals surface area contributed by atoms with Crippen LogP contribution in [-0.2, 0) is 10.0 Å². The van der Waals surface area contributed by atoms with Crippen LogP contribution in [0, 0.1) is 0 Å². The van der Waals surface area contributed by atoms with Crippen LogP contribution in [-0.4, -0.2) is 25.8 Å². The Kier molecular flexibility index (Phi) is 4.28. The van der Waals surface area contributed by atoms with Gasteiger partial charge >= 0.3 is 0 Å². The smallest absolute Gasteiger partial charge is 0.232 e. The molecule has 90 valence electrons. The Hall–Kier alpha value is -1.11. The molecule has 1 aromatic carbocycles. The molecule has 0 amide bonds. The van der Waals surface area contributed by atoms with Crippen molar-refractivity contribution in [2.24, 2.45) is 5.73 Å². The molecule has 0 aliphatic rings. The highest BCUT2D eigenvalue weighted by atomic mass is 32.2. The first kappa shape index (κ1) is 13.0. The maximum atomic E-state index is 11.3. The van der Waals surface area contributed by atoms with E-state index in [0.29, 0.717) is 11.3 Å². The van der Waals surface area contributed by atoms with Gasteiger partial charge in [-0.15, -0.1) is 0 Å². The molecule has 4 N–H and O–H groups in total. The molecule has 16 heavy (non-hydrogen) atoms. The second kappa shape index (κ2) is 5.29. The van der Waals surface area contributed by atoms with Gasteiger partial charge < -0.3 is 10.8 Å². The molecule has 0 saturated heterocycles. The predicted octanol–water partition coefficient (Wildman–Crippen LogP) is 0.440. The summed E-state index contributed by atoms with van der Waals surface area (Å²) >= 11 is 0. The summed E-state index contributed by atoms with van der Waals surface area (Å²) < 4.78 is 24.9. The third kappa shape index (κ3) is 3.48. The van der Waals surface area contributed by atoms with Gasteiger partial charge in [0.05, 0.1) is 11.9 Å². The first-order chi connectivity index (χ1) is 7.48. The predicted molar refractivity (Wildman–Crippen MR) is 63.5 cm³/mol. The average molecular weight is 244 g/mol. The second-order valence-corrected chi connectivity index (χ2v) is 5.39. The van der Waals surface area contributed by atoms with Crippen molar-refractivity contribution in [1.82, 2.24) is 0 Å². The monoisotopic (exact) mass is 244 g/mol. The minimum absolute atomic E-state index is 0.0280. The van der Waals surface area contributed by atoms with Crippen molar-refractivity contribution < 1.29 is 13.5 Å². The molecule has 0 aliphatic carbocycles. The number of anilines is 1. The van der Waals surface area contributed by atoms with Crippen molar-refractivity contribution in [2.75, 3.05) is 17.0 Å². The zero-order valence-corrected chi connectivity index (χ0v) is 9.87. The fraction of sp³-hybridized carbons (Fsp3) is 0.400. The van der Waals surface area contributed by atoms with Crippen molar-refractivity contribution >= 4 is 15.7 Å². The zero-order chi connectivity index (χ0) is 12.2. The molecule has 1 atom stereocenters. The van der Waals surface area contributed by atoms with Gasteiger partial charge in [0.2, 0.25) is 10.0 Å². The summed E-state index contributed by atoms with van der Waals surface area (Å²) in [6, 6.07) is 6.49. The van der Waals surface area contributed by atoms with E-state index in [4.69, 9.17) is 5.73 Å². The van der Waals surface area contributed by atoms with Crippen molar-refractivity contribution in [2.45, 2.75) is 13.0 Å². The molecule has 1 aromatic rings. The lowest BCUT2D eigenvalue weighted by molar-refractivity contribution is 0.187. The summed E-state index contributed by atoms with van der Waals surface area (Å²) in [6.07, 6.45) is -0.711. The topological polar surface area (TPSA) is 92.4 Å². The maximum absolute atomic E-state index is 11.3. The molecule has 0 aromatic heterocycles. The van der Waals surface area contributed by atoms with Gasteiger partial charge in [0, 0.05) is 12.2 Å². The highest BCUT2D eigenvalue weighted by Gasteiger charge is 2.08. The van der Waals surface area contributed by atoms with Crippen LogP contribution in [0.2, 0.25) is 0 Å². The van der Waals surface area contributed by atoms with Crippen LogP contribution < -0.4 is 10.5 Å². The molecule has 0 spiro atoms. The lowest BCUT2D eigenvalue weighted by atomic mass is 10.1. The van der Waals surface area contributed by atoms with Gasteiger partial charge in [-0.2, -0.15) is 0 Å². The van der Waals surface area contributed by atoms with Gasteiger partial charge in [-0.05, 0) is 24.6 Å². The highest BCUT2D eigenvalue weighted by molar-refractivity contribution is 7.92. The molecule has 0 heterocycles. The largest absolute Gasteiger partial charge is 0.387 e. The third-order valence-corrected chi connectivity index (χ3v) is 3.48. The molecule has 5 nitrogen and oxygen atoms in total. The SMILES string of the molecule is CCS(=O)(=O)Nc1ccc(C(O)CN)cc1. The number of hydrogen-bond acceptors (Lipinski definition) is 4. The van der Waals surface area contributed by atoms with E-state index in [1.54, 1.807) is 31.2 Å². The fourth-order valence-corrected chi connectivity index (χ4v) is 1.80. The minimum Gasteiger partial charge on any atom is -0.387 e. The molecular weight excluding hydrogens is 228 g/mol. The van der Waals surface area contributed by atoms with Crippen LogP contribution in [0.3, 0.4) is 0 Å². The molecule has 6 heteroatoms. The van der Waals surface area contributed by atoms with E-state index >= 15 is 0 Å². The number of rotatable bonds is 5. The van der Waals surface area contributed by atoms with Crippen LogP contribution in [0.1, 0.15) is 18.6 Å². The van der Waals surface area contributed by atoms with Gasteiger partial charge in [-0.25, -0.2) is 8.42 Å². The Balaban J connectivity index is 2.80. The standard InChI is InChI=1S/C10H16N2O3S/c1-2-16(14,15)12-9-5-3-8(4-6-9)10(13)7-11/h3-6,10,12-13H,2,7,11H2,1H3. The van der Waals surface area contributed by atoms with E-state index in [1.165, 1.54) is 0 Å². The minimum atomic E-state index is -3.25. The van der Waals surface area contributed by atoms with E-state index in [1.807, 2.05) is 0 Å². The fourth-order valence-electron chi connectivity index (χ4n) is 1.16. The summed E-state index contributed by atoms with van der Waals surface area (Å²) in [5.74, 6) is 0.0280. The van der Waals surface area contributed by atoms with E-state index in [2.05, 4.69) is 4.72 Å². The van der Waals surface area contributed by atoms with Gasteiger partial charge in [0.1, 0.15) is 0 Å². The lowest BCUT2D eigenvalue weighted by Crippen LogP contribution is -2.15. The lowest BCUT2D eigenvalue weighted by Gasteiger charge is -2.10. The van der Waals surface area contributed by atoms with Gasteiger partial charge in [-0.3, -0.25) is 4.72 Å². The number of nitrogens with two attached hydrogens (primary N) is 1. The molecule has 1 unspecified atom stereocenters. The number of nitrogens with one attached hydrogen (secondary N) is 1. The van der Waals surface area contributed by atoms with Crippen LogP contribution >= 0.6 is 0 Å². The normalized spacial score (nSPS) is 13.4. The van der Waals surface area contributed by atoms with Crippen LogP contribution in [0.15, 0.2) is 24.3 Å². The highest BCUT2D eigenvalue weighted by Crippen LogP contribution is 2.16. The Morgan fingerprint density at radius 1 is 1.38 bits per heavy atom. The molecular formula is C10H16N2O3S. The van der Waals surface area contributed by atoms with Crippen LogP contribution in [0.5, 0.6) is 0 Å². The number of aliphatic hydroxyl groups excluding tert-OH is 1. The average Bonchev–Trinajstić information content (AvgIpc) is 2.28. The quantitative estimate of drug-likeness (QED) is 0.700. The van der Waals surface area contributed by atoms with Crippen molar-refractivity contribution in [3.63, 3.8) is 0 Å². The van der Waals surface area contributed by atoms with Crippen molar-refractivity contribution in [1.29, 1.82) is 0 Å². The van der Waals surface area contributed by atoms with Gasteiger partial charge in [0.15, 0.2) is 0 Å². The van der Waals surface area contributed by atoms with Crippen molar-refractivity contribution in [3.05, 3.63) is 29.8 Å². The summed E-state index contributed by atoms with van der Waals surface area (Å²) in [7, 11) is -3.25. The number of sulfonamides is 1. The first-order valence-corrected chi connectivity index (χ1v) is 6.62. The first-order valence-electron chi connectivity index (χ1n) is 4.97. The molecule has 1 rings (SSSR count). The van der Waals surface area contributed by atoms with Crippen molar-refractivity contribution in [3.8, 4) is 0 Å². The molecule has 0 bridgehead atoms. The number of hydrogen-bond donors (Lipinski definition) is 3. The summed E-state index contributed by atoms with van der Waals surface area (Å²) in [6.45, 7) is 1.70. The second-order valence-electron chi connectivity index (χ2n) is 3.38. The van der Waals surface area contributed by atoms with E-state index in [-0.39, 0.29) is 12.3 Å². The summed E-state index contributed by atoms with van der Waals surface area (Å²) in [4.78, 5) is 0. The molecule has 0 aliphatic heterocycles.